The number of nitrogens with one attached hydrogen (secondary N) is 1. The van der Waals surface area contributed by atoms with Crippen LogP contribution in [0.15, 0.2) is 64.3 Å². The smallest absolute Gasteiger partial charge is 0.420 e. The van der Waals surface area contributed by atoms with Crippen LogP contribution in [0.5, 0.6) is 11.5 Å². The summed E-state index contributed by atoms with van der Waals surface area (Å²) in [6.07, 6.45) is -3.87. The van der Waals surface area contributed by atoms with Crippen molar-refractivity contribution in [2.45, 2.75) is 19.6 Å². The summed E-state index contributed by atoms with van der Waals surface area (Å²) in [5.74, 6) is -0.885. The molecule has 0 radical (unpaired) electrons. The minimum absolute atomic E-state index is 0.0385. The van der Waals surface area contributed by atoms with Crippen LogP contribution in [-0.4, -0.2) is 19.3 Å². The highest BCUT2D eigenvalue weighted by atomic mass is 35.5. The number of aryl methyl sites for hydroxylation is 1. The van der Waals surface area contributed by atoms with E-state index in [9.17, 15) is 22.8 Å². The van der Waals surface area contributed by atoms with Crippen LogP contribution in [0.2, 0.25) is 5.02 Å². The summed E-state index contributed by atoms with van der Waals surface area (Å²) in [6.45, 7) is 1.69. The van der Waals surface area contributed by atoms with Gasteiger partial charge in [-0.2, -0.15) is 18.3 Å². The number of benzene rings is 2. The van der Waals surface area contributed by atoms with Gasteiger partial charge in [0.15, 0.2) is 5.82 Å². The van der Waals surface area contributed by atoms with E-state index in [1.165, 1.54) is 13.1 Å². The first kappa shape index (κ1) is 23.4. The van der Waals surface area contributed by atoms with Gasteiger partial charge in [-0.05, 0) is 36.2 Å². The number of hydrogen-bond acceptors (Lipinski definition) is 4. The number of hydrogen-bond donors (Lipinski definition) is 1. The van der Waals surface area contributed by atoms with Gasteiger partial charge in [0.2, 0.25) is 5.75 Å². The van der Waals surface area contributed by atoms with Crippen molar-refractivity contribution in [1.29, 1.82) is 0 Å². The SMILES string of the molecule is Cc1cccc(-c2ccc(Oc3c(C(F)(F)F)ccn(Cc4n[nH]c(=O)n4C)c3=O)c(Cl)c2)c1. The van der Waals surface area contributed by atoms with Crippen molar-refractivity contribution in [2.24, 2.45) is 7.05 Å². The third kappa shape index (κ3) is 4.62. The lowest BCUT2D eigenvalue weighted by atomic mass is 10.0. The third-order valence-corrected chi connectivity index (χ3v) is 5.50. The molecule has 0 aliphatic carbocycles. The van der Waals surface area contributed by atoms with E-state index in [-0.39, 0.29) is 23.1 Å². The van der Waals surface area contributed by atoms with E-state index < -0.39 is 28.7 Å². The number of aromatic nitrogens is 4. The Labute approximate surface area is 196 Å². The minimum Gasteiger partial charge on any atom is -0.449 e. The molecule has 1 N–H and O–H groups in total. The Morgan fingerprint density at radius 3 is 2.44 bits per heavy atom. The molecular weight excluding hydrogens is 473 g/mol. The Morgan fingerprint density at radius 2 is 1.82 bits per heavy atom. The minimum atomic E-state index is -4.85. The lowest BCUT2D eigenvalue weighted by Gasteiger charge is -2.16. The average Bonchev–Trinajstić information content (AvgIpc) is 3.09. The highest BCUT2D eigenvalue weighted by molar-refractivity contribution is 6.32. The van der Waals surface area contributed by atoms with Crippen molar-refractivity contribution < 1.29 is 17.9 Å². The summed E-state index contributed by atoms with van der Waals surface area (Å²) >= 11 is 6.31. The van der Waals surface area contributed by atoms with Gasteiger partial charge >= 0.3 is 11.9 Å². The first-order valence-corrected chi connectivity index (χ1v) is 10.4. The molecule has 0 fully saturated rings. The first-order valence-electron chi connectivity index (χ1n) is 10.00. The summed E-state index contributed by atoms with van der Waals surface area (Å²) in [5, 5.41) is 6.03. The summed E-state index contributed by atoms with van der Waals surface area (Å²) in [5.41, 5.74) is -0.180. The molecule has 0 aliphatic heterocycles. The van der Waals surface area contributed by atoms with Crippen LogP contribution in [0.3, 0.4) is 0 Å². The van der Waals surface area contributed by atoms with Crippen molar-refractivity contribution in [3.63, 3.8) is 0 Å². The number of ether oxygens (including phenoxy) is 1. The quantitative estimate of drug-likeness (QED) is 0.437. The molecule has 4 rings (SSSR count). The number of aromatic amines is 1. The summed E-state index contributed by atoms with van der Waals surface area (Å²) in [4.78, 5) is 24.5. The van der Waals surface area contributed by atoms with Crippen molar-refractivity contribution >= 4 is 11.6 Å². The second kappa shape index (κ2) is 8.86. The molecule has 4 aromatic rings. The average molecular weight is 491 g/mol. The number of rotatable bonds is 5. The van der Waals surface area contributed by atoms with Crippen LogP contribution in [-0.2, 0) is 19.8 Å². The Hall–Kier alpha value is -3.79. The molecule has 0 unspecified atom stereocenters. The molecule has 0 amide bonds. The number of H-pyrrole nitrogens is 1. The molecule has 2 aromatic heterocycles. The molecule has 0 bridgehead atoms. The van der Waals surface area contributed by atoms with Gasteiger partial charge in [-0.1, -0.05) is 47.5 Å². The van der Waals surface area contributed by atoms with E-state index in [0.29, 0.717) is 0 Å². The predicted molar refractivity (Wildman–Crippen MR) is 120 cm³/mol. The van der Waals surface area contributed by atoms with Crippen LogP contribution in [0.25, 0.3) is 11.1 Å². The molecule has 2 aromatic carbocycles. The van der Waals surface area contributed by atoms with Gasteiger partial charge in [-0.15, -0.1) is 0 Å². The van der Waals surface area contributed by atoms with Gasteiger partial charge in [0.05, 0.1) is 11.6 Å². The molecule has 176 valence electrons. The second-order valence-electron chi connectivity index (χ2n) is 7.61. The van der Waals surface area contributed by atoms with Gasteiger partial charge in [-0.3, -0.25) is 9.36 Å². The lowest BCUT2D eigenvalue weighted by Crippen LogP contribution is -2.26. The summed E-state index contributed by atoms with van der Waals surface area (Å²) < 4.78 is 48.5. The van der Waals surface area contributed by atoms with E-state index in [1.807, 2.05) is 31.2 Å². The fraction of sp³-hybridized carbons (Fsp3) is 0.174. The van der Waals surface area contributed by atoms with Gasteiger partial charge < -0.3 is 9.30 Å². The van der Waals surface area contributed by atoms with Crippen LogP contribution in [0.4, 0.5) is 13.2 Å². The molecule has 11 heteroatoms. The second-order valence-corrected chi connectivity index (χ2v) is 8.02. The van der Waals surface area contributed by atoms with Gasteiger partial charge in [0.1, 0.15) is 11.3 Å². The maximum Gasteiger partial charge on any atom is 0.420 e. The highest BCUT2D eigenvalue weighted by Crippen LogP contribution is 2.38. The lowest BCUT2D eigenvalue weighted by molar-refractivity contribution is -0.138. The van der Waals surface area contributed by atoms with E-state index in [4.69, 9.17) is 16.3 Å². The van der Waals surface area contributed by atoms with E-state index >= 15 is 0 Å². The molecule has 0 atom stereocenters. The van der Waals surface area contributed by atoms with Crippen LogP contribution in [0.1, 0.15) is 17.0 Å². The maximum atomic E-state index is 13.7. The zero-order valence-electron chi connectivity index (χ0n) is 18.0. The molecule has 0 spiro atoms. The topological polar surface area (TPSA) is 81.9 Å². The highest BCUT2D eigenvalue weighted by Gasteiger charge is 2.36. The van der Waals surface area contributed by atoms with Crippen molar-refractivity contribution in [3.05, 3.63) is 97.5 Å². The number of alkyl halides is 3. The van der Waals surface area contributed by atoms with Crippen LogP contribution >= 0.6 is 11.6 Å². The molecule has 34 heavy (non-hydrogen) atoms. The molecular formula is C23H18ClF3N4O3. The number of halogens is 4. The van der Waals surface area contributed by atoms with Gasteiger partial charge in [-0.25, -0.2) is 9.89 Å². The first-order chi connectivity index (χ1) is 16.0. The predicted octanol–water partition coefficient (Wildman–Crippen LogP) is 4.76. The van der Waals surface area contributed by atoms with E-state index in [2.05, 4.69) is 10.2 Å². The molecule has 0 saturated heterocycles. The Kier molecular flexibility index (Phi) is 6.09. The van der Waals surface area contributed by atoms with Gasteiger partial charge in [0, 0.05) is 13.2 Å². The fourth-order valence-electron chi connectivity index (χ4n) is 3.37. The zero-order chi connectivity index (χ0) is 24.6. The molecule has 7 nitrogen and oxygen atoms in total. The molecule has 0 aliphatic rings. The normalized spacial score (nSPS) is 11.6. The zero-order valence-corrected chi connectivity index (χ0v) is 18.7. The van der Waals surface area contributed by atoms with Crippen molar-refractivity contribution in [2.75, 3.05) is 0 Å². The van der Waals surface area contributed by atoms with Gasteiger partial charge in [0.25, 0.3) is 5.56 Å². The van der Waals surface area contributed by atoms with Crippen molar-refractivity contribution in [3.8, 4) is 22.6 Å². The Morgan fingerprint density at radius 1 is 1.09 bits per heavy atom. The van der Waals surface area contributed by atoms with E-state index in [1.54, 1.807) is 12.1 Å². The standard InChI is InChI=1S/C23H18ClF3N4O3/c1-13-4-3-5-14(10-13)15-6-7-18(17(24)11-15)34-20-16(23(25,26)27)8-9-31(21(20)32)12-19-28-29-22(33)30(19)2/h3-11H,12H2,1-2H3,(H,29,33). The summed E-state index contributed by atoms with van der Waals surface area (Å²) in [6, 6.07) is 13.0. The van der Waals surface area contributed by atoms with Crippen LogP contribution < -0.4 is 16.0 Å². The number of pyridine rings is 1. The van der Waals surface area contributed by atoms with Crippen molar-refractivity contribution in [1.82, 2.24) is 19.3 Å². The fourth-order valence-corrected chi connectivity index (χ4v) is 3.59. The molecule has 2 heterocycles. The molecule has 0 saturated carbocycles. The van der Waals surface area contributed by atoms with Crippen LogP contribution in [0, 0.1) is 6.92 Å². The van der Waals surface area contributed by atoms with E-state index in [0.717, 1.165) is 38.1 Å². The summed E-state index contributed by atoms with van der Waals surface area (Å²) in [7, 11) is 1.42. The third-order valence-electron chi connectivity index (χ3n) is 5.21. The number of nitrogens with zero attached hydrogens (tertiary/aromatic N) is 3. The maximum absolute atomic E-state index is 13.7. The largest absolute Gasteiger partial charge is 0.449 e. The monoisotopic (exact) mass is 490 g/mol. The Bertz CT molecular complexity index is 1490. The Balaban J connectivity index is 1.74.